The highest BCUT2D eigenvalue weighted by molar-refractivity contribution is 5.87. The second kappa shape index (κ2) is 2.97. The summed E-state index contributed by atoms with van der Waals surface area (Å²) in [5.41, 5.74) is 4.99. The van der Waals surface area contributed by atoms with Gasteiger partial charge in [-0.15, -0.1) is 0 Å². The molecule has 4 heteroatoms. The predicted molar refractivity (Wildman–Crippen MR) is 53.5 cm³/mol. The SMILES string of the molecule is NC(=O)CNC(=O)C1[C@@H]2[C@@H]3CC[C@@H](C3)[C@H]12. The van der Waals surface area contributed by atoms with Crippen LogP contribution in [0.1, 0.15) is 19.3 Å². The fraction of sp³-hybridized carbons (Fsp3) is 0.818. The molecule has 0 aromatic rings. The number of fused-ring (bicyclic) bond motifs is 5. The van der Waals surface area contributed by atoms with Gasteiger partial charge < -0.3 is 11.1 Å². The van der Waals surface area contributed by atoms with Crippen molar-refractivity contribution in [2.45, 2.75) is 19.3 Å². The van der Waals surface area contributed by atoms with Gasteiger partial charge in [0, 0.05) is 5.92 Å². The Labute approximate surface area is 88.6 Å². The number of primary amides is 1. The average molecular weight is 208 g/mol. The number of amides is 2. The molecule has 3 saturated carbocycles. The van der Waals surface area contributed by atoms with Crippen LogP contribution in [0.3, 0.4) is 0 Å². The van der Waals surface area contributed by atoms with Crippen LogP contribution in [0.2, 0.25) is 0 Å². The number of carbonyl (C=O) groups is 2. The van der Waals surface area contributed by atoms with Crippen LogP contribution in [0.25, 0.3) is 0 Å². The number of hydrogen-bond donors (Lipinski definition) is 2. The molecule has 1 unspecified atom stereocenters. The van der Waals surface area contributed by atoms with Crippen molar-refractivity contribution >= 4 is 11.8 Å². The third-order valence-corrected chi connectivity index (χ3v) is 4.47. The van der Waals surface area contributed by atoms with Gasteiger partial charge in [-0.05, 0) is 42.9 Å². The van der Waals surface area contributed by atoms with E-state index in [2.05, 4.69) is 5.32 Å². The number of nitrogens with one attached hydrogen (secondary N) is 1. The summed E-state index contributed by atoms with van der Waals surface area (Å²) < 4.78 is 0. The van der Waals surface area contributed by atoms with E-state index in [1.807, 2.05) is 0 Å². The Kier molecular flexibility index (Phi) is 1.82. The molecule has 2 amide bonds. The molecule has 15 heavy (non-hydrogen) atoms. The monoisotopic (exact) mass is 208 g/mol. The molecule has 0 aromatic heterocycles. The van der Waals surface area contributed by atoms with Gasteiger partial charge in [0.15, 0.2) is 0 Å². The molecule has 3 aliphatic rings. The maximum absolute atomic E-state index is 11.7. The highest BCUT2D eigenvalue weighted by Gasteiger charge is 2.67. The molecular weight excluding hydrogens is 192 g/mol. The normalized spacial score (nSPS) is 44.9. The minimum absolute atomic E-state index is 0.00981. The summed E-state index contributed by atoms with van der Waals surface area (Å²) in [4.78, 5) is 22.3. The second-order valence-corrected chi connectivity index (χ2v) is 5.20. The Hall–Kier alpha value is -1.06. The van der Waals surface area contributed by atoms with E-state index in [9.17, 15) is 9.59 Å². The topological polar surface area (TPSA) is 72.2 Å². The molecular formula is C11H16N2O2. The molecule has 82 valence electrons. The highest BCUT2D eigenvalue weighted by atomic mass is 16.2. The third-order valence-electron chi connectivity index (χ3n) is 4.47. The number of carbonyl (C=O) groups excluding carboxylic acids is 2. The molecule has 3 N–H and O–H groups in total. The average Bonchev–Trinajstić information content (AvgIpc) is 2.64. The third kappa shape index (κ3) is 1.27. The van der Waals surface area contributed by atoms with Gasteiger partial charge in [0.2, 0.25) is 11.8 Å². The molecule has 0 heterocycles. The summed E-state index contributed by atoms with van der Waals surface area (Å²) >= 11 is 0. The van der Waals surface area contributed by atoms with E-state index >= 15 is 0 Å². The zero-order chi connectivity index (χ0) is 10.6. The van der Waals surface area contributed by atoms with Gasteiger partial charge in [-0.1, -0.05) is 0 Å². The molecule has 3 fully saturated rings. The maximum Gasteiger partial charge on any atom is 0.236 e. The predicted octanol–water partition coefficient (Wildman–Crippen LogP) is -0.120. The summed E-state index contributed by atoms with van der Waals surface area (Å²) in [5, 5.41) is 2.63. The first-order chi connectivity index (χ1) is 7.18. The lowest BCUT2D eigenvalue weighted by Crippen LogP contribution is -2.35. The largest absolute Gasteiger partial charge is 0.368 e. The van der Waals surface area contributed by atoms with E-state index < -0.39 is 5.91 Å². The van der Waals surface area contributed by atoms with Gasteiger partial charge in [0.1, 0.15) is 0 Å². The van der Waals surface area contributed by atoms with Crippen molar-refractivity contribution < 1.29 is 9.59 Å². The maximum atomic E-state index is 11.7. The number of rotatable bonds is 3. The molecule has 0 radical (unpaired) electrons. The zero-order valence-corrected chi connectivity index (χ0v) is 8.61. The summed E-state index contributed by atoms with van der Waals surface area (Å²) in [5.74, 6) is 2.66. The van der Waals surface area contributed by atoms with Crippen LogP contribution in [-0.4, -0.2) is 18.4 Å². The Bertz CT molecular complexity index is 313. The molecule has 0 aromatic carbocycles. The highest BCUT2D eigenvalue weighted by Crippen LogP contribution is 2.69. The summed E-state index contributed by atoms with van der Waals surface area (Å²) in [6, 6.07) is 0. The molecule has 0 spiro atoms. The van der Waals surface area contributed by atoms with Crippen molar-refractivity contribution in [3.05, 3.63) is 0 Å². The van der Waals surface area contributed by atoms with Crippen LogP contribution in [0.5, 0.6) is 0 Å². The van der Waals surface area contributed by atoms with Gasteiger partial charge in [0.25, 0.3) is 0 Å². The Balaban J connectivity index is 1.58. The van der Waals surface area contributed by atoms with Crippen LogP contribution in [0, 0.1) is 29.6 Å². The van der Waals surface area contributed by atoms with Crippen molar-refractivity contribution in [1.29, 1.82) is 0 Å². The first-order valence-corrected chi connectivity index (χ1v) is 5.74. The van der Waals surface area contributed by atoms with Crippen LogP contribution >= 0.6 is 0 Å². The Morgan fingerprint density at radius 2 is 1.80 bits per heavy atom. The van der Waals surface area contributed by atoms with Gasteiger partial charge in [-0.2, -0.15) is 0 Å². The van der Waals surface area contributed by atoms with Crippen LogP contribution < -0.4 is 11.1 Å². The molecule has 3 aliphatic carbocycles. The second-order valence-electron chi connectivity index (χ2n) is 5.20. The Morgan fingerprint density at radius 1 is 1.20 bits per heavy atom. The molecule has 0 saturated heterocycles. The number of nitrogens with two attached hydrogens (primary N) is 1. The van der Waals surface area contributed by atoms with Crippen molar-refractivity contribution in [3.63, 3.8) is 0 Å². The quantitative estimate of drug-likeness (QED) is 0.678. The molecule has 3 rings (SSSR count). The van der Waals surface area contributed by atoms with E-state index in [1.54, 1.807) is 0 Å². The Morgan fingerprint density at radius 3 is 2.33 bits per heavy atom. The summed E-state index contributed by atoms with van der Waals surface area (Å²) in [6.45, 7) is -0.00981. The standard InChI is InChI=1S/C11H16N2O2/c12-7(14)4-13-11(15)10-8-5-1-2-6(3-5)9(8)10/h5-6,8-10H,1-4H2,(H2,12,14)(H,13,15)/t5-,6+,8-,9+,10?. The van der Waals surface area contributed by atoms with Gasteiger partial charge in [-0.3, -0.25) is 9.59 Å². The number of hydrogen-bond acceptors (Lipinski definition) is 2. The minimum Gasteiger partial charge on any atom is -0.368 e. The van der Waals surface area contributed by atoms with Gasteiger partial charge in [0.05, 0.1) is 6.54 Å². The first kappa shape index (κ1) is 9.19. The van der Waals surface area contributed by atoms with Crippen molar-refractivity contribution in [1.82, 2.24) is 5.32 Å². The van der Waals surface area contributed by atoms with E-state index in [1.165, 1.54) is 19.3 Å². The van der Waals surface area contributed by atoms with Crippen molar-refractivity contribution in [3.8, 4) is 0 Å². The lowest BCUT2D eigenvalue weighted by atomic mass is 10.0. The summed E-state index contributed by atoms with van der Waals surface area (Å²) in [6.07, 6.45) is 3.96. The smallest absolute Gasteiger partial charge is 0.236 e. The lowest BCUT2D eigenvalue weighted by molar-refractivity contribution is -0.126. The van der Waals surface area contributed by atoms with Crippen LogP contribution in [-0.2, 0) is 9.59 Å². The van der Waals surface area contributed by atoms with Crippen LogP contribution in [0.15, 0.2) is 0 Å². The fourth-order valence-electron chi connectivity index (χ4n) is 3.97. The van der Waals surface area contributed by atoms with E-state index in [-0.39, 0.29) is 18.4 Å². The minimum atomic E-state index is -0.461. The first-order valence-electron chi connectivity index (χ1n) is 5.74. The summed E-state index contributed by atoms with van der Waals surface area (Å²) in [7, 11) is 0. The van der Waals surface area contributed by atoms with Crippen LogP contribution in [0.4, 0.5) is 0 Å². The lowest BCUT2D eigenvalue weighted by Gasteiger charge is -2.08. The van der Waals surface area contributed by atoms with Gasteiger partial charge in [-0.25, -0.2) is 0 Å². The molecule has 5 atom stereocenters. The van der Waals surface area contributed by atoms with Gasteiger partial charge >= 0.3 is 0 Å². The van der Waals surface area contributed by atoms with E-state index in [0.717, 1.165) is 11.8 Å². The molecule has 4 nitrogen and oxygen atoms in total. The fourth-order valence-corrected chi connectivity index (χ4v) is 3.97. The van der Waals surface area contributed by atoms with E-state index in [4.69, 9.17) is 5.73 Å². The van der Waals surface area contributed by atoms with Crippen molar-refractivity contribution in [2.24, 2.45) is 35.3 Å². The van der Waals surface area contributed by atoms with Crippen molar-refractivity contribution in [2.75, 3.05) is 6.54 Å². The molecule has 2 bridgehead atoms. The zero-order valence-electron chi connectivity index (χ0n) is 8.61. The van der Waals surface area contributed by atoms with E-state index in [0.29, 0.717) is 11.8 Å². The molecule has 0 aliphatic heterocycles.